The van der Waals surface area contributed by atoms with Crippen LogP contribution in [0.1, 0.15) is 55.5 Å². The van der Waals surface area contributed by atoms with Crippen molar-refractivity contribution in [3.63, 3.8) is 0 Å². The van der Waals surface area contributed by atoms with Crippen LogP contribution >= 0.6 is 0 Å². The Bertz CT molecular complexity index is 1310. The van der Waals surface area contributed by atoms with Crippen molar-refractivity contribution in [3.8, 4) is 5.75 Å². The molecule has 0 radical (unpaired) electrons. The Morgan fingerprint density at radius 1 is 0.872 bits per heavy atom. The highest BCUT2D eigenvalue weighted by Crippen LogP contribution is 2.30. The zero-order valence-electron chi connectivity index (χ0n) is 22.5. The number of ether oxygens (including phenoxy) is 1. The number of benzene rings is 3. The molecule has 39 heavy (non-hydrogen) atoms. The highest BCUT2D eigenvalue weighted by atomic mass is 19.1. The second-order valence-corrected chi connectivity index (χ2v) is 10.7. The highest BCUT2D eigenvalue weighted by Gasteiger charge is 2.25. The van der Waals surface area contributed by atoms with Gasteiger partial charge in [-0.05, 0) is 72.9 Å². The lowest BCUT2D eigenvalue weighted by atomic mass is 9.89. The van der Waals surface area contributed by atoms with Crippen LogP contribution in [0, 0.1) is 11.2 Å². The van der Waals surface area contributed by atoms with E-state index in [0.717, 1.165) is 18.4 Å². The number of hydrogen-bond acceptors (Lipinski definition) is 4. The van der Waals surface area contributed by atoms with Gasteiger partial charge in [-0.2, -0.15) is 0 Å². The minimum Gasteiger partial charge on any atom is -0.481 e. The zero-order chi connectivity index (χ0) is 28.0. The molecule has 3 aromatic carbocycles. The molecule has 1 aliphatic heterocycles. The topological polar surface area (TPSA) is 87.7 Å². The molecule has 0 unspecified atom stereocenters. The molecule has 0 aliphatic carbocycles. The van der Waals surface area contributed by atoms with Crippen LogP contribution < -0.4 is 15.4 Å². The molecule has 3 aromatic rings. The van der Waals surface area contributed by atoms with E-state index in [1.165, 1.54) is 12.1 Å². The molecule has 0 atom stereocenters. The van der Waals surface area contributed by atoms with Crippen LogP contribution in [0.5, 0.6) is 5.75 Å². The number of anilines is 2. The van der Waals surface area contributed by atoms with Gasteiger partial charge in [-0.15, -0.1) is 0 Å². The normalized spacial score (nSPS) is 14.0. The average Bonchev–Trinajstić information content (AvgIpc) is 2.93. The van der Waals surface area contributed by atoms with Crippen molar-refractivity contribution in [1.82, 2.24) is 4.90 Å². The average molecular weight is 532 g/mol. The van der Waals surface area contributed by atoms with E-state index in [0.29, 0.717) is 35.9 Å². The van der Waals surface area contributed by atoms with E-state index in [9.17, 15) is 18.8 Å². The number of nitrogens with zero attached hydrogens (tertiary/aromatic N) is 1. The predicted molar refractivity (Wildman–Crippen MR) is 149 cm³/mol. The Morgan fingerprint density at radius 2 is 1.46 bits per heavy atom. The minimum atomic E-state index is -0.512. The fourth-order valence-corrected chi connectivity index (χ4v) is 4.35. The molecule has 8 heteroatoms. The van der Waals surface area contributed by atoms with Gasteiger partial charge in [-0.1, -0.05) is 45.0 Å². The molecule has 204 valence electrons. The molecule has 2 N–H and O–H groups in total. The van der Waals surface area contributed by atoms with Crippen molar-refractivity contribution < 1.29 is 23.5 Å². The van der Waals surface area contributed by atoms with Gasteiger partial charge in [0.2, 0.25) is 5.91 Å². The highest BCUT2D eigenvalue weighted by molar-refractivity contribution is 5.97. The second-order valence-electron chi connectivity index (χ2n) is 10.7. The Labute approximate surface area is 228 Å². The molecule has 3 amide bonds. The number of likely N-dealkylation sites (tertiary alicyclic amines) is 1. The van der Waals surface area contributed by atoms with E-state index in [-0.39, 0.29) is 30.1 Å². The standard InChI is InChI=1S/C31H34FN3O4/c1-31(2,3)30(38)34-25-14-10-23(11-15-25)29(37)35-18-16-22(17-19-35)21-8-12-24(13-9-21)33-28(36)20-39-27-7-5-4-6-26(27)32/h4-15,22H,16-20H2,1-3H3,(H,33,36)(H,34,38). The molecule has 0 aromatic heterocycles. The summed E-state index contributed by atoms with van der Waals surface area (Å²) < 4.78 is 18.9. The van der Waals surface area contributed by atoms with Crippen LogP contribution in [0.4, 0.5) is 15.8 Å². The summed E-state index contributed by atoms with van der Waals surface area (Å²) >= 11 is 0. The number of piperidine rings is 1. The van der Waals surface area contributed by atoms with E-state index < -0.39 is 11.2 Å². The van der Waals surface area contributed by atoms with Gasteiger partial charge in [0.1, 0.15) is 0 Å². The smallest absolute Gasteiger partial charge is 0.262 e. The van der Waals surface area contributed by atoms with Crippen molar-refractivity contribution in [3.05, 3.63) is 89.7 Å². The summed E-state index contributed by atoms with van der Waals surface area (Å²) in [7, 11) is 0. The summed E-state index contributed by atoms with van der Waals surface area (Å²) in [5.41, 5.74) is 2.56. The third kappa shape index (κ3) is 7.44. The first-order chi connectivity index (χ1) is 18.6. The third-order valence-electron chi connectivity index (χ3n) is 6.71. The van der Waals surface area contributed by atoms with Gasteiger partial charge in [-0.25, -0.2) is 4.39 Å². The molecule has 4 rings (SSSR count). The number of carbonyl (C=O) groups excluding carboxylic acids is 3. The first-order valence-electron chi connectivity index (χ1n) is 13.1. The molecule has 0 saturated carbocycles. The van der Waals surface area contributed by atoms with E-state index in [1.54, 1.807) is 36.4 Å². The van der Waals surface area contributed by atoms with Crippen molar-refractivity contribution in [2.75, 3.05) is 30.3 Å². The Balaban J connectivity index is 1.24. The summed E-state index contributed by atoms with van der Waals surface area (Å²) in [6.07, 6.45) is 1.68. The fourth-order valence-electron chi connectivity index (χ4n) is 4.35. The Hall–Kier alpha value is -4.20. The number of halogens is 1. The summed E-state index contributed by atoms with van der Waals surface area (Å²) in [4.78, 5) is 39.2. The van der Waals surface area contributed by atoms with Crippen LogP contribution in [-0.4, -0.2) is 42.3 Å². The van der Waals surface area contributed by atoms with Gasteiger partial charge in [0, 0.05) is 35.4 Å². The van der Waals surface area contributed by atoms with E-state index in [2.05, 4.69) is 10.6 Å². The molecule has 1 heterocycles. The van der Waals surface area contributed by atoms with Gasteiger partial charge >= 0.3 is 0 Å². The first-order valence-corrected chi connectivity index (χ1v) is 13.1. The lowest BCUT2D eigenvalue weighted by Crippen LogP contribution is -2.37. The molecule has 0 bridgehead atoms. The molecule has 7 nitrogen and oxygen atoms in total. The number of carbonyl (C=O) groups is 3. The number of rotatable bonds is 7. The SMILES string of the molecule is CC(C)(C)C(=O)Nc1ccc(C(=O)N2CCC(c3ccc(NC(=O)COc4ccccc4F)cc3)CC2)cc1. The molecule has 1 fully saturated rings. The maximum absolute atomic E-state index is 13.6. The Kier molecular flexibility index (Phi) is 8.64. The van der Waals surface area contributed by atoms with Crippen LogP contribution in [-0.2, 0) is 9.59 Å². The van der Waals surface area contributed by atoms with Crippen LogP contribution in [0.3, 0.4) is 0 Å². The van der Waals surface area contributed by atoms with Gasteiger partial charge in [0.05, 0.1) is 0 Å². The number of para-hydroxylation sites is 1. The largest absolute Gasteiger partial charge is 0.481 e. The van der Waals surface area contributed by atoms with Gasteiger partial charge < -0.3 is 20.3 Å². The molecule has 0 spiro atoms. The Morgan fingerprint density at radius 3 is 2.08 bits per heavy atom. The number of amides is 3. The summed E-state index contributed by atoms with van der Waals surface area (Å²) in [6, 6.07) is 20.6. The molecule has 1 aliphatic rings. The van der Waals surface area contributed by atoms with E-state index in [4.69, 9.17) is 4.74 Å². The third-order valence-corrected chi connectivity index (χ3v) is 6.71. The summed E-state index contributed by atoms with van der Waals surface area (Å²) in [5.74, 6) is -0.623. The van der Waals surface area contributed by atoms with Crippen LogP contribution in [0.2, 0.25) is 0 Å². The van der Waals surface area contributed by atoms with Crippen molar-refractivity contribution in [2.45, 2.75) is 39.5 Å². The monoisotopic (exact) mass is 531 g/mol. The van der Waals surface area contributed by atoms with Crippen molar-refractivity contribution in [1.29, 1.82) is 0 Å². The van der Waals surface area contributed by atoms with E-state index in [1.807, 2.05) is 49.9 Å². The van der Waals surface area contributed by atoms with Gasteiger partial charge in [-0.3, -0.25) is 14.4 Å². The van der Waals surface area contributed by atoms with Crippen molar-refractivity contribution in [2.24, 2.45) is 5.41 Å². The molecule has 1 saturated heterocycles. The van der Waals surface area contributed by atoms with Gasteiger partial charge in [0.15, 0.2) is 18.2 Å². The number of nitrogens with one attached hydrogen (secondary N) is 2. The number of hydrogen-bond donors (Lipinski definition) is 2. The minimum absolute atomic E-state index is 0.0159. The fraction of sp³-hybridized carbons (Fsp3) is 0.323. The maximum atomic E-state index is 13.6. The van der Waals surface area contributed by atoms with Crippen molar-refractivity contribution >= 4 is 29.1 Å². The van der Waals surface area contributed by atoms with Crippen LogP contribution in [0.15, 0.2) is 72.8 Å². The summed E-state index contributed by atoms with van der Waals surface area (Å²) in [5, 5.41) is 5.63. The lowest BCUT2D eigenvalue weighted by Gasteiger charge is -2.32. The first kappa shape index (κ1) is 27.8. The van der Waals surface area contributed by atoms with Crippen LogP contribution in [0.25, 0.3) is 0 Å². The maximum Gasteiger partial charge on any atom is 0.262 e. The van der Waals surface area contributed by atoms with Gasteiger partial charge in [0.25, 0.3) is 11.8 Å². The second kappa shape index (κ2) is 12.1. The van der Waals surface area contributed by atoms with E-state index >= 15 is 0 Å². The lowest BCUT2D eigenvalue weighted by molar-refractivity contribution is -0.123. The quantitative estimate of drug-likeness (QED) is 0.401. The summed E-state index contributed by atoms with van der Waals surface area (Å²) in [6.45, 7) is 6.57. The molecular formula is C31H34FN3O4. The zero-order valence-corrected chi connectivity index (χ0v) is 22.5. The predicted octanol–water partition coefficient (Wildman–Crippen LogP) is 5.85. The molecular weight excluding hydrogens is 497 g/mol.